The number of amides is 1. The van der Waals surface area contributed by atoms with Crippen LogP contribution in [0.1, 0.15) is 11.1 Å². The lowest BCUT2D eigenvalue weighted by atomic mass is 10.2. The molecule has 1 fully saturated rings. The molecular weight excluding hydrogens is 368 g/mol. The van der Waals surface area contributed by atoms with Gasteiger partial charge in [0.2, 0.25) is 0 Å². The minimum absolute atomic E-state index is 0.120. The average Bonchev–Trinajstić information content (AvgIpc) is 2.76. The number of ether oxygens (including phenoxy) is 2. The zero-order valence-corrected chi connectivity index (χ0v) is 17.0. The van der Waals surface area contributed by atoms with Gasteiger partial charge in [-0.15, -0.1) is 0 Å². The Hall–Kier alpha value is -2.90. The fourth-order valence-corrected chi connectivity index (χ4v) is 3.28. The van der Waals surface area contributed by atoms with Crippen LogP contribution in [-0.4, -0.2) is 68.9 Å². The fourth-order valence-electron chi connectivity index (χ4n) is 3.28. The molecule has 7 nitrogen and oxygen atoms in total. The average molecular weight is 396 g/mol. The Labute approximate surface area is 171 Å². The molecule has 154 valence electrons. The third-order valence-electron chi connectivity index (χ3n) is 4.91. The maximum Gasteiger partial charge on any atom is 0.254 e. The summed E-state index contributed by atoms with van der Waals surface area (Å²) in [6, 6.07) is 15.9. The topological polar surface area (TPSA) is 66.4 Å². The van der Waals surface area contributed by atoms with Gasteiger partial charge in [-0.25, -0.2) is 5.43 Å². The van der Waals surface area contributed by atoms with Crippen LogP contribution in [0.15, 0.2) is 53.6 Å². The van der Waals surface area contributed by atoms with Gasteiger partial charge in [-0.1, -0.05) is 30.3 Å². The van der Waals surface area contributed by atoms with Crippen LogP contribution in [0.2, 0.25) is 0 Å². The third-order valence-corrected chi connectivity index (χ3v) is 4.91. The molecule has 1 N–H and O–H groups in total. The molecule has 1 saturated heterocycles. The molecule has 3 rings (SSSR count). The highest BCUT2D eigenvalue weighted by atomic mass is 16.5. The second-order valence-corrected chi connectivity index (χ2v) is 6.94. The standard InChI is InChI=1S/C22H28N4O3/c1-28-20-9-8-19(21(14-20)29-2)15-23-24-22(27)17-26-12-10-25(11-13-26)16-18-6-4-3-5-7-18/h3-9,14-15H,10-13,16-17H2,1-2H3,(H,24,27). The van der Waals surface area contributed by atoms with E-state index in [9.17, 15) is 4.79 Å². The summed E-state index contributed by atoms with van der Waals surface area (Å²) in [7, 11) is 3.19. The number of piperazine rings is 1. The lowest BCUT2D eigenvalue weighted by molar-refractivity contribution is -0.122. The first-order valence-electron chi connectivity index (χ1n) is 9.70. The van der Waals surface area contributed by atoms with Crippen molar-refractivity contribution >= 4 is 12.1 Å². The van der Waals surface area contributed by atoms with Gasteiger partial charge in [-0.3, -0.25) is 14.6 Å². The molecule has 1 aliphatic rings. The number of hydrogen-bond donors (Lipinski definition) is 1. The van der Waals surface area contributed by atoms with Gasteiger partial charge in [0.25, 0.3) is 5.91 Å². The van der Waals surface area contributed by atoms with Gasteiger partial charge >= 0.3 is 0 Å². The number of nitrogens with zero attached hydrogens (tertiary/aromatic N) is 3. The molecule has 7 heteroatoms. The Kier molecular flexibility index (Phi) is 7.61. The van der Waals surface area contributed by atoms with Gasteiger partial charge in [0.1, 0.15) is 11.5 Å². The van der Waals surface area contributed by atoms with Crippen molar-refractivity contribution in [2.24, 2.45) is 5.10 Å². The predicted molar refractivity (Wildman–Crippen MR) is 113 cm³/mol. The van der Waals surface area contributed by atoms with Crippen LogP contribution in [0.5, 0.6) is 11.5 Å². The summed E-state index contributed by atoms with van der Waals surface area (Å²) in [5.41, 5.74) is 4.69. The predicted octanol–water partition coefficient (Wildman–Crippen LogP) is 1.97. The van der Waals surface area contributed by atoms with Crippen molar-refractivity contribution in [2.75, 3.05) is 46.9 Å². The van der Waals surface area contributed by atoms with Crippen molar-refractivity contribution in [1.82, 2.24) is 15.2 Å². The van der Waals surface area contributed by atoms with E-state index in [0.717, 1.165) is 38.3 Å². The van der Waals surface area contributed by atoms with Gasteiger partial charge in [-0.05, 0) is 17.7 Å². The smallest absolute Gasteiger partial charge is 0.254 e. The second-order valence-electron chi connectivity index (χ2n) is 6.94. The first-order chi connectivity index (χ1) is 14.2. The SMILES string of the molecule is COc1ccc(C=NNC(=O)CN2CCN(Cc3ccccc3)CC2)c(OC)c1. The number of hydrogen-bond acceptors (Lipinski definition) is 6. The highest BCUT2D eigenvalue weighted by Gasteiger charge is 2.18. The minimum atomic E-state index is -0.120. The summed E-state index contributed by atoms with van der Waals surface area (Å²) in [5.74, 6) is 1.22. The maximum absolute atomic E-state index is 12.2. The van der Waals surface area contributed by atoms with Crippen LogP contribution in [0.3, 0.4) is 0 Å². The van der Waals surface area contributed by atoms with Gasteiger partial charge in [0.05, 0.1) is 27.0 Å². The molecule has 0 atom stereocenters. The van der Waals surface area contributed by atoms with E-state index in [1.807, 2.05) is 18.2 Å². The zero-order valence-electron chi connectivity index (χ0n) is 17.0. The van der Waals surface area contributed by atoms with Crippen LogP contribution in [0.4, 0.5) is 0 Å². The van der Waals surface area contributed by atoms with Crippen molar-refractivity contribution in [3.05, 3.63) is 59.7 Å². The third kappa shape index (κ3) is 6.30. The fraction of sp³-hybridized carbons (Fsp3) is 0.364. The van der Waals surface area contributed by atoms with Crippen molar-refractivity contribution in [2.45, 2.75) is 6.54 Å². The first-order valence-corrected chi connectivity index (χ1v) is 9.70. The van der Waals surface area contributed by atoms with E-state index in [0.29, 0.717) is 18.0 Å². The van der Waals surface area contributed by atoms with Crippen LogP contribution in [-0.2, 0) is 11.3 Å². The molecule has 29 heavy (non-hydrogen) atoms. The molecule has 0 bridgehead atoms. The number of methoxy groups -OCH3 is 2. The quantitative estimate of drug-likeness (QED) is 0.546. The largest absolute Gasteiger partial charge is 0.497 e. The summed E-state index contributed by atoms with van der Waals surface area (Å²) in [6.45, 7) is 4.95. The molecule has 0 aliphatic carbocycles. The molecule has 0 saturated carbocycles. The summed E-state index contributed by atoms with van der Waals surface area (Å²) < 4.78 is 10.5. The van der Waals surface area contributed by atoms with Crippen LogP contribution in [0.25, 0.3) is 0 Å². The minimum Gasteiger partial charge on any atom is -0.497 e. The van der Waals surface area contributed by atoms with E-state index in [1.54, 1.807) is 26.5 Å². The molecular formula is C22H28N4O3. The molecule has 2 aromatic rings. The lowest BCUT2D eigenvalue weighted by Gasteiger charge is -2.34. The van der Waals surface area contributed by atoms with E-state index in [1.165, 1.54) is 5.56 Å². The molecule has 0 spiro atoms. The monoisotopic (exact) mass is 396 g/mol. The highest BCUT2D eigenvalue weighted by Crippen LogP contribution is 2.22. The molecule has 0 aromatic heterocycles. The normalized spacial score (nSPS) is 15.4. The molecule has 1 heterocycles. The highest BCUT2D eigenvalue weighted by molar-refractivity contribution is 5.86. The summed E-state index contributed by atoms with van der Waals surface area (Å²) in [5, 5.41) is 4.06. The summed E-state index contributed by atoms with van der Waals surface area (Å²) >= 11 is 0. The Bertz CT molecular complexity index is 818. The van der Waals surface area contributed by atoms with Crippen molar-refractivity contribution in [1.29, 1.82) is 0 Å². The van der Waals surface area contributed by atoms with Crippen molar-refractivity contribution in [3.63, 3.8) is 0 Å². The van der Waals surface area contributed by atoms with Gasteiger partial charge in [0.15, 0.2) is 0 Å². The first kappa shape index (κ1) is 20.8. The van der Waals surface area contributed by atoms with Gasteiger partial charge < -0.3 is 9.47 Å². The van der Waals surface area contributed by atoms with Crippen LogP contribution < -0.4 is 14.9 Å². The lowest BCUT2D eigenvalue weighted by Crippen LogP contribution is -2.48. The van der Waals surface area contributed by atoms with E-state index < -0.39 is 0 Å². The second kappa shape index (κ2) is 10.6. The Morgan fingerprint density at radius 2 is 1.76 bits per heavy atom. The van der Waals surface area contributed by atoms with E-state index in [4.69, 9.17) is 9.47 Å². The number of hydrazone groups is 1. The van der Waals surface area contributed by atoms with Crippen molar-refractivity contribution < 1.29 is 14.3 Å². The number of nitrogens with one attached hydrogen (secondary N) is 1. The number of carbonyl (C=O) groups excluding carboxylic acids is 1. The number of rotatable bonds is 8. The summed E-state index contributed by atoms with van der Waals surface area (Å²) in [4.78, 5) is 16.8. The van der Waals surface area contributed by atoms with Crippen LogP contribution in [0, 0.1) is 0 Å². The van der Waals surface area contributed by atoms with Gasteiger partial charge in [0, 0.05) is 44.4 Å². The molecule has 0 radical (unpaired) electrons. The van der Waals surface area contributed by atoms with E-state index in [-0.39, 0.29) is 5.91 Å². The summed E-state index contributed by atoms with van der Waals surface area (Å²) in [6.07, 6.45) is 1.58. The molecule has 1 amide bonds. The zero-order chi connectivity index (χ0) is 20.5. The maximum atomic E-state index is 12.2. The Balaban J connectivity index is 1.42. The molecule has 1 aliphatic heterocycles. The Morgan fingerprint density at radius 1 is 1.03 bits per heavy atom. The Morgan fingerprint density at radius 3 is 2.45 bits per heavy atom. The van der Waals surface area contributed by atoms with E-state index >= 15 is 0 Å². The number of benzene rings is 2. The molecule has 2 aromatic carbocycles. The van der Waals surface area contributed by atoms with Gasteiger partial charge in [-0.2, -0.15) is 5.10 Å². The van der Waals surface area contributed by atoms with Crippen LogP contribution >= 0.6 is 0 Å². The number of carbonyl (C=O) groups is 1. The molecule has 0 unspecified atom stereocenters. The van der Waals surface area contributed by atoms with E-state index in [2.05, 4.69) is 44.6 Å². The van der Waals surface area contributed by atoms with Crippen molar-refractivity contribution in [3.8, 4) is 11.5 Å².